The Morgan fingerprint density at radius 1 is 0.889 bits per heavy atom. The third-order valence-electron chi connectivity index (χ3n) is 5.11. The summed E-state index contributed by atoms with van der Waals surface area (Å²) in [4.78, 5) is 16.4. The zero-order valence-electron chi connectivity index (χ0n) is 18.7. The number of amides is 1. The molecule has 0 unspecified atom stereocenters. The van der Waals surface area contributed by atoms with E-state index in [1.165, 1.54) is 42.5 Å². The van der Waals surface area contributed by atoms with Gasteiger partial charge in [0.1, 0.15) is 16.4 Å². The number of sulfonamides is 1. The minimum absolute atomic E-state index is 0.0434. The van der Waals surface area contributed by atoms with Gasteiger partial charge in [-0.05, 0) is 60.2 Å². The number of carbonyl (C=O) groups excluding carboxylic acids is 1. The fraction of sp³-hybridized carbons (Fsp3) is 0.0400. The number of nitrogens with two attached hydrogens (primary N) is 1. The molecule has 1 amide bonds. The molecule has 0 aliphatic heterocycles. The molecular weight excluding hydrogens is 502 g/mol. The van der Waals surface area contributed by atoms with Gasteiger partial charge in [0.2, 0.25) is 19.9 Å². The molecule has 3 N–H and O–H groups in total. The van der Waals surface area contributed by atoms with Gasteiger partial charge >= 0.3 is 0 Å². The maximum absolute atomic E-state index is 13.3. The highest BCUT2D eigenvalue weighted by Gasteiger charge is 2.27. The molecule has 0 fully saturated rings. The van der Waals surface area contributed by atoms with Crippen LogP contribution in [-0.2, 0) is 31.2 Å². The van der Waals surface area contributed by atoms with Gasteiger partial charge in [-0.25, -0.2) is 22.0 Å². The summed E-state index contributed by atoms with van der Waals surface area (Å²) in [6, 6.07) is 19.8. The second-order valence-corrected chi connectivity index (χ2v) is 11.1. The SMILES string of the molecule is NS(=O)(=O)c1ccc(-c2ccc(/C=C(\C(=O)NCc3cccnc3)S(=O)(=O)c3ccccc3)o2)cc1. The van der Waals surface area contributed by atoms with E-state index in [0.29, 0.717) is 16.9 Å². The fourth-order valence-electron chi connectivity index (χ4n) is 3.29. The Balaban J connectivity index is 1.68. The highest BCUT2D eigenvalue weighted by atomic mass is 32.2. The molecule has 0 aliphatic rings. The average Bonchev–Trinajstić information content (AvgIpc) is 3.35. The van der Waals surface area contributed by atoms with Crippen molar-refractivity contribution in [1.29, 1.82) is 0 Å². The van der Waals surface area contributed by atoms with Gasteiger partial charge in [0.05, 0.1) is 9.79 Å². The van der Waals surface area contributed by atoms with E-state index in [0.717, 1.165) is 6.08 Å². The summed E-state index contributed by atoms with van der Waals surface area (Å²) in [7, 11) is -8.03. The van der Waals surface area contributed by atoms with Crippen LogP contribution < -0.4 is 10.5 Å². The first kappa shape index (κ1) is 25.0. The molecule has 2 heterocycles. The monoisotopic (exact) mass is 523 g/mol. The third-order valence-corrected chi connectivity index (χ3v) is 7.81. The molecule has 184 valence electrons. The Labute approximate surface area is 208 Å². The van der Waals surface area contributed by atoms with Crippen LogP contribution in [0.15, 0.2) is 110 Å². The lowest BCUT2D eigenvalue weighted by molar-refractivity contribution is -0.116. The third kappa shape index (κ3) is 5.77. The van der Waals surface area contributed by atoms with Gasteiger partial charge in [-0.2, -0.15) is 0 Å². The van der Waals surface area contributed by atoms with Crippen LogP contribution >= 0.6 is 0 Å². The molecule has 11 heteroatoms. The van der Waals surface area contributed by atoms with E-state index in [1.807, 2.05) is 0 Å². The van der Waals surface area contributed by atoms with Crippen LogP contribution in [0.5, 0.6) is 0 Å². The minimum Gasteiger partial charge on any atom is -0.457 e. The summed E-state index contributed by atoms with van der Waals surface area (Å²) in [5, 5.41) is 7.74. The van der Waals surface area contributed by atoms with E-state index >= 15 is 0 Å². The summed E-state index contributed by atoms with van der Waals surface area (Å²) in [6.07, 6.45) is 4.31. The van der Waals surface area contributed by atoms with Crippen LogP contribution in [0, 0.1) is 0 Å². The number of hydrogen-bond acceptors (Lipinski definition) is 7. The predicted molar refractivity (Wildman–Crippen MR) is 133 cm³/mol. The quantitative estimate of drug-likeness (QED) is 0.337. The zero-order chi connectivity index (χ0) is 25.8. The molecule has 0 radical (unpaired) electrons. The maximum Gasteiger partial charge on any atom is 0.263 e. The van der Waals surface area contributed by atoms with Crippen molar-refractivity contribution in [2.75, 3.05) is 0 Å². The number of benzene rings is 2. The van der Waals surface area contributed by atoms with Crippen molar-refractivity contribution >= 4 is 31.8 Å². The van der Waals surface area contributed by atoms with Crippen LogP contribution in [0.1, 0.15) is 11.3 Å². The number of pyridine rings is 1. The van der Waals surface area contributed by atoms with Crippen LogP contribution in [0.2, 0.25) is 0 Å². The smallest absolute Gasteiger partial charge is 0.263 e. The molecule has 0 spiro atoms. The summed E-state index contributed by atoms with van der Waals surface area (Å²) < 4.78 is 55.4. The molecule has 0 aliphatic carbocycles. The predicted octanol–water partition coefficient (Wildman–Crippen LogP) is 3.12. The summed E-state index contributed by atoms with van der Waals surface area (Å²) in [6.45, 7) is 0.0775. The van der Waals surface area contributed by atoms with E-state index in [4.69, 9.17) is 9.56 Å². The fourth-order valence-corrected chi connectivity index (χ4v) is 5.16. The average molecular weight is 524 g/mol. The van der Waals surface area contributed by atoms with E-state index < -0.39 is 30.7 Å². The van der Waals surface area contributed by atoms with Gasteiger partial charge in [-0.1, -0.05) is 24.3 Å². The molecular formula is C25H21N3O6S2. The largest absolute Gasteiger partial charge is 0.457 e. The van der Waals surface area contributed by atoms with Gasteiger partial charge in [0.15, 0.2) is 0 Å². The number of sulfone groups is 1. The Morgan fingerprint density at radius 2 is 1.61 bits per heavy atom. The Hall–Kier alpha value is -4.06. The Morgan fingerprint density at radius 3 is 2.25 bits per heavy atom. The molecule has 9 nitrogen and oxygen atoms in total. The number of carbonyl (C=O) groups is 1. The molecule has 4 aromatic rings. The number of nitrogens with zero attached hydrogens (tertiary/aromatic N) is 1. The van der Waals surface area contributed by atoms with E-state index in [9.17, 15) is 21.6 Å². The lowest BCUT2D eigenvalue weighted by Gasteiger charge is -2.10. The summed E-state index contributed by atoms with van der Waals surface area (Å²) in [5.41, 5.74) is 1.24. The van der Waals surface area contributed by atoms with Crippen molar-refractivity contribution < 1.29 is 26.0 Å². The van der Waals surface area contributed by atoms with Gasteiger partial charge in [-0.3, -0.25) is 9.78 Å². The molecule has 36 heavy (non-hydrogen) atoms. The van der Waals surface area contributed by atoms with Crippen molar-refractivity contribution in [3.63, 3.8) is 0 Å². The first-order valence-corrected chi connectivity index (χ1v) is 13.6. The molecule has 0 saturated heterocycles. The normalized spacial score (nSPS) is 12.3. The van der Waals surface area contributed by atoms with Crippen molar-refractivity contribution in [3.8, 4) is 11.3 Å². The van der Waals surface area contributed by atoms with Gasteiger partial charge < -0.3 is 9.73 Å². The highest BCUT2D eigenvalue weighted by molar-refractivity contribution is 7.96. The molecule has 0 saturated carbocycles. The summed E-state index contributed by atoms with van der Waals surface area (Å²) >= 11 is 0. The molecule has 0 atom stereocenters. The first-order valence-electron chi connectivity index (χ1n) is 10.6. The first-order chi connectivity index (χ1) is 17.1. The number of hydrogen-bond donors (Lipinski definition) is 2. The standard InChI is InChI=1S/C25H21N3O6S2/c26-36(32,33)22-11-8-19(9-12-22)23-13-10-20(34-23)15-24(35(30,31)21-6-2-1-3-7-21)25(29)28-17-18-5-4-14-27-16-18/h1-16H,17H2,(H,28,29)(H2,26,32,33)/b24-15+. The van der Waals surface area contributed by atoms with Crippen LogP contribution in [-0.4, -0.2) is 27.7 Å². The lowest BCUT2D eigenvalue weighted by atomic mass is 10.2. The topological polar surface area (TPSA) is 149 Å². The van der Waals surface area contributed by atoms with Crippen molar-refractivity contribution in [1.82, 2.24) is 10.3 Å². The molecule has 4 rings (SSSR count). The molecule has 2 aromatic heterocycles. The van der Waals surface area contributed by atoms with Crippen molar-refractivity contribution in [3.05, 3.63) is 107 Å². The number of primary sulfonamides is 1. The molecule has 2 aromatic carbocycles. The molecule has 0 bridgehead atoms. The van der Waals surface area contributed by atoms with E-state index in [-0.39, 0.29) is 22.1 Å². The summed E-state index contributed by atoms with van der Waals surface area (Å²) in [5.74, 6) is -0.348. The zero-order valence-corrected chi connectivity index (χ0v) is 20.4. The van der Waals surface area contributed by atoms with Gasteiger partial charge in [0, 0.05) is 30.6 Å². The number of rotatable bonds is 8. The maximum atomic E-state index is 13.3. The van der Waals surface area contributed by atoms with Crippen LogP contribution in [0.3, 0.4) is 0 Å². The van der Waals surface area contributed by atoms with E-state index in [1.54, 1.807) is 48.8 Å². The van der Waals surface area contributed by atoms with E-state index in [2.05, 4.69) is 10.3 Å². The van der Waals surface area contributed by atoms with Crippen LogP contribution in [0.25, 0.3) is 17.4 Å². The minimum atomic E-state index is -4.19. The Kier molecular flexibility index (Phi) is 7.15. The van der Waals surface area contributed by atoms with Gasteiger partial charge in [0.25, 0.3) is 5.91 Å². The highest BCUT2D eigenvalue weighted by Crippen LogP contribution is 2.27. The van der Waals surface area contributed by atoms with Crippen LogP contribution in [0.4, 0.5) is 0 Å². The van der Waals surface area contributed by atoms with Crippen molar-refractivity contribution in [2.24, 2.45) is 5.14 Å². The lowest BCUT2D eigenvalue weighted by Crippen LogP contribution is -2.28. The second kappa shape index (κ2) is 10.3. The second-order valence-electron chi connectivity index (χ2n) is 7.64. The van der Waals surface area contributed by atoms with Crippen molar-refractivity contribution in [2.45, 2.75) is 16.3 Å². The number of nitrogens with one attached hydrogen (secondary N) is 1. The number of aromatic nitrogens is 1. The van der Waals surface area contributed by atoms with Gasteiger partial charge in [-0.15, -0.1) is 0 Å². The number of furan rings is 1. The Bertz CT molecular complexity index is 1610.